The summed E-state index contributed by atoms with van der Waals surface area (Å²) in [6, 6.07) is 4.91. The van der Waals surface area contributed by atoms with Crippen LogP contribution in [-0.2, 0) is 15.7 Å². The molecule has 0 bridgehead atoms. The van der Waals surface area contributed by atoms with Crippen LogP contribution in [0, 0.1) is 5.92 Å². The monoisotopic (exact) mass is 452 g/mol. The van der Waals surface area contributed by atoms with Crippen molar-refractivity contribution >= 4 is 17.5 Å². The lowest BCUT2D eigenvalue weighted by atomic mass is 9.78. The second kappa shape index (κ2) is 8.38. The summed E-state index contributed by atoms with van der Waals surface area (Å²) in [5, 5.41) is 2.66. The average Bonchev–Trinajstić information content (AvgIpc) is 2.96. The molecule has 1 fully saturated rings. The van der Waals surface area contributed by atoms with Gasteiger partial charge in [-0.1, -0.05) is 13.0 Å². The van der Waals surface area contributed by atoms with Gasteiger partial charge < -0.3 is 20.5 Å². The summed E-state index contributed by atoms with van der Waals surface area (Å²) in [6.07, 6.45) is -4.38. The highest BCUT2D eigenvalue weighted by atomic mass is 19.4. The summed E-state index contributed by atoms with van der Waals surface area (Å²) < 4.78 is 50.5. The van der Waals surface area contributed by atoms with Gasteiger partial charge in [0.05, 0.1) is 12.7 Å². The molecule has 2 aromatic rings. The predicted octanol–water partition coefficient (Wildman–Crippen LogP) is 3.14. The van der Waals surface area contributed by atoms with Crippen LogP contribution in [0.5, 0.6) is 5.88 Å². The van der Waals surface area contributed by atoms with Gasteiger partial charge in [-0.15, -0.1) is 0 Å². The van der Waals surface area contributed by atoms with Crippen molar-refractivity contribution in [2.75, 3.05) is 12.4 Å². The third kappa shape index (κ3) is 4.52. The molecule has 0 aromatic carbocycles. The number of primary amides is 1. The van der Waals surface area contributed by atoms with Crippen LogP contribution in [0.25, 0.3) is 0 Å². The summed E-state index contributed by atoms with van der Waals surface area (Å²) in [5.41, 5.74) is 3.92. The molecule has 2 aromatic heterocycles. The minimum absolute atomic E-state index is 0.0333. The Morgan fingerprint density at radius 3 is 2.53 bits per heavy atom. The van der Waals surface area contributed by atoms with Gasteiger partial charge in [-0.2, -0.15) is 13.2 Å². The number of anilines is 1. The first-order valence-corrected chi connectivity index (χ1v) is 9.72. The average molecular weight is 452 g/mol. The molecule has 0 aliphatic carbocycles. The molecule has 1 aliphatic heterocycles. The first-order chi connectivity index (χ1) is 14.8. The van der Waals surface area contributed by atoms with Crippen LogP contribution in [0.3, 0.4) is 0 Å². The minimum atomic E-state index is -4.64. The van der Waals surface area contributed by atoms with E-state index in [2.05, 4.69) is 15.3 Å². The standard InChI is InChI=1S/C21H23F3N4O4/c1-10-15(12-5-6-14(21(22,23)24)28-19(12)31-4)16(32-20(10,2)3)18(30)27-11-7-8-26-13(9-11)17(25)29/h5-10,15-16H,1-4H3,(H2,25,29)(H,26,27,30)/t10-,15-,16+/m1/s1. The van der Waals surface area contributed by atoms with Gasteiger partial charge in [-0.05, 0) is 38.0 Å². The molecular formula is C21H23F3N4O4. The lowest BCUT2D eigenvalue weighted by molar-refractivity contribution is -0.141. The molecular weight excluding hydrogens is 429 g/mol. The van der Waals surface area contributed by atoms with Crippen molar-refractivity contribution in [3.8, 4) is 5.88 Å². The summed E-state index contributed by atoms with van der Waals surface area (Å²) in [7, 11) is 1.22. The van der Waals surface area contributed by atoms with E-state index < -0.39 is 41.3 Å². The molecule has 3 N–H and O–H groups in total. The molecule has 0 saturated carbocycles. The number of nitrogens with two attached hydrogens (primary N) is 1. The summed E-state index contributed by atoms with van der Waals surface area (Å²) in [4.78, 5) is 31.9. The van der Waals surface area contributed by atoms with Crippen molar-refractivity contribution in [1.29, 1.82) is 0 Å². The van der Waals surface area contributed by atoms with E-state index in [1.807, 2.05) is 6.92 Å². The summed E-state index contributed by atoms with van der Waals surface area (Å²) in [5.74, 6) is -2.45. The molecule has 32 heavy (non-hydrogen) atoms. The van der Waals surface area contributed by atoms with E-state index in [0.29, 0.717) is 5.56 Å². The number of hydrogen-bond donors (Lipinski definition) is 2. The molecule has 3 rings (SSSR count). The van der Waals surface area contributed by atoms with Crippen LogP contribution >= 0.6 is 0 Å². The number of carbonyl (C=O) groups is 2. The Hall–Kier alpha value is -3.21. The van der Waals surface area contributed by atoms with Gasteiger partial charge in [-0.25, -0.2) is 4.98 Å². The number of alkyl halides is 3. The Kier molecular flexibility index (Phi) is 6.14. The number of nitrogens with one attached hydrogen (secondary N) is 1. The van der Waals surface area contributed by atoms with E-state index in [9.17, 15) is 22.8 Å². The Balaban J connectivity index is 1.98. The molecule has 3 atom stereocenters. The maximum absolute atomic E-state index is 13.1. The van der Waals surface area contributed by atoms with E-state index in [0.717, 1.165) is 6.07 Å². The Labute approximate surface area is 182 Å². The van der Waals surface area contributed by atoms with Crippen LogP contribution in [0.15, 0.2) is 30.5 Å². The lowest BCUT2D eigenvalue weighted by Crippen LogP contribution is -2.33. The molecule has 1 aliphatic rings. The number of nitrogens with zero attached hydrogens (tertiary/aromatic N) is 2. The highest BCUT2D eigenvalue weighted by Crippen LogP contribution is 2.48. The largest absolute Gasteiger partial charge is 0.481 e. The van der Waals surface area contributed by atoms with Crippen LogP contribution in [0.4, 0.5) is 18.9 Å². The Morgan fingerprint density at radius 1 is 1.25 bits per heavy atom. The van der Waals surface area contributed by atoms with E-state index in [1.165, 1.54) is 31.5 Å². The molecule has 0 radical (unpaired) electrons. The molecule has 0 spiro atoms. The fourth-order valence-electron chi connectivity index (χ4n) is 3.73. The first-order valence-electron chi connectivity index (χ1n) is 9.72. The number of aromatic nitrogens is 2. The highest BCUT2D eigenvalue weighted by molar-refractivity contribution is 5.97. The highest BCUT2D eigenvalue weighted by Gasteiger charge is 2.51. The van der Waals surface area contributed by atoms with Crippen LogP contribution in [-0.4, -0.2) is 40.6 Å². The predicted molar refractivity (Wildman–Crippen MR) is 108 cm³/mol. The first kappa shape index (κ1) is 23.5. The zero-order chi connectivity index (χ0) is 23.8. The van der Waals surface area contributed by atoms with E-state index in [-0.39, 0.29) is 23.2 Å². The maximum Gasteiger partial charge on any atom is 0.433 e. The Morgan fingerprint density at radius 2 is 1.94 bits per heavy atom. The topological polar surface area (TPSA) is 116 Å². The van der Waals surface area contributed by atoms with Gasteiger partial charge in [0, 0.05) is 23.4 Å². The van der Waals surface area contributed by atoms with Crippen molar-refractivity contribution in [1.82, 2.24) is 9.97 Å². The molecule has 8 nitrogen and oxygen atoms in total. The van der Waals surface area contributed by atoms with Crippen molar-refractivity contribution in [3.05, 3.63) is 47.4 Å². The second-order valence-corrected chi connectivity index (χ2v) is 8.03. The fraction of sp³-hybridized carbons (Fsp3) is 0.429. The van der Waals surface area contributed by atoms with Crippen molar-refractivity contribution < 1.29 is 32.2 Å². The third-order valence-corrected chi connectivity index (χ3v) is 5.66. The van der Waals surface area contributed by atoms with Crippen LogP contribution in [0.1, 0.15) is 48.4 Å². The number of ether oxygens (including phenoxy) is 2. The lowest BCUT2D eigenvalue weighted by Gasteiger charge is -2.25. The van der Waals surface area contributed by atoms with Crippen LogP contribution < -0.4 is 15.8 Å². The van der Waals surface area contributed by atoms with Crippen LogP contribution in [0.2, 0.25) is 0 Å². The fourth-order valence-corrected chi connectivity index (χ4v) is 3.73. The number of pyridine rings is 2. The normalized spacial score (nSPS) is 22.4. The number of hydrogen-bond acceptors (Lipinski definition) is 6. The smallest absolute Gasteiger partial charge is 0.433 e. The number of methoxy groups -OCH3 is 1. The van der Waals surface area contributed by atoms with Crippen molar-refractivity contribution in [2.24, 2.45) is 11.7 Å². The van der Waals surface area contributed by atoms with E-state index >= 15 is 0 Å². The molecule has 11 heteroatoms. The second-order valence-electron chi connectivity index (χ2n) is 8.03. The third-order valence-electron chi connectivity index (χ3n) is 5.66. The van der Waals surface area contributed by atoms with E-state index in [1.54, 1.807) is 13.8 Å². The van der Waals surface area contributed by atoms with Crippen molar-refractivity contribution in [2.45, 2.75) is 44.6 Å². The number of rotatable bonds is 5. The molecule has 3 heterocycles. The van der Waals surface area contributed by atoms with Gasteiger partial charge in [-0.3, -0.25) is 14.6 Å². The minimum Gasteiger partial charge on any atom is -0.481 e. The SMILES string of the molecule is COc1nc(C(F)(F)F)ccc1[C@@H]1[C@@H](C(=O)Nc2ccnc(C(N)=O)c2)OC(C)(C)[C@@H]1C. The maximum atomic E-state index is 13.1. The number of halogens is 3. The van der Waals surface area contributed by atoms with Gasteiger partial charge in [0.25, 0.3) is 11.8 Å². The van der Waals surface area contributed by atoms with Gasteiger partial charge in [0.1, 0.15) is 17.5 Å². The van der Waals surface area contributed by atoms with Crippen molar-refractivity contribution in [3.63, 3.8) is 0 Å². The van der Waals surface area contributed by atoms with Gasteiger partial charge >= 0.3 is 6.18 Å². The number of amides is 2. The summed E-state index contributed by atoms with van der Waals surface area (Å²) >= 11 is 0. The van der Waals surface area contributed by atoms with Gasteiger partial charge in [0.2, 0.25) is 5.88 Å². The molecule has 0 unspecified atom stereocenters. The summed E-state index contributed by atoms with van der Waals surface area (Å²) in [6.45, 7) is 5.42. The van der Waals surface area contributed by atoms with Gasteiger partial charge in [0.15, 0.2) is 0 Å². The van der Waals surface area contributed by atoms with E-state index in [4.69, 9.17) is 15.2 Å². The number of carbonyl (C=O) groups excluding carboxylic acids is 2. The Bertz CT molecular complexity index is 1040. The zero-order valence-corrected chi connectivity index (χ0v) is 17.9. The molecule has 2 amide bonds. The quantitative estimate of drug-likeness (QED) is 0.720. The molecule has 1 saturated heterocycles. The zero-order valence-electron chi connectivity index (χ0n) is 17.9. The molecule has 172 valence electrons.